The van der Waals surface area contributed by atoms with Crippen LogP contribution in [0.3, 0.4) is 0 Å². The number of carboxylic acid groups (broad SMARTS) is 1. The highest BCUT2D eigenvalue weighted by Crippen LogP contribution is 2.32. The van der Waals surface area contributed by atoms with Crippen molar-refractivity contribution in [3.8, 4) is 11.3 Å². The zero-order chi connectivity index (χ0) is 29.9. The van der Waals surface area contributed by atoms with Crippen LogP contribution in [0.5, 0.6) is 0 Å². The first-order chi connectivity index (χ1) is 20.1. The summed E-state index contributed by atoms with van der Waals surface area (Å²) in [5, 5.41) is 21.0. The Bertz CT molecular complexity index is 1420. The summed E-state index contributed by atoms with van der Waals surface area (Å²) in [5.41, 5.74) is 10.4. The number of benzene rings is 1. The molecule has 42 heavy (non-hydrogen) atoms. The monoisotopic (exact) mass is 592 g/mol. The Labute approximate surface area is 252 Å². The highest BCUT2D eigenvalue weighted by Gasteiger charge is 2.37. The van der Waals surface area contributed by atoms with Gasteiger partial charge >= 0.3 is 6.09 Å². The van der Waals surface area contributed by atoms with Gasteiger partial charge in [0.2, 0.25) is 0 Å². The molecule has 2 fully saturated rings. The van der Waals surface area contributed by atoms with Crippen molar-refractivity contribution in [2.24, 2.45) is 5.41 Å². The minimum atomic E-state index is -0.860. The Morgan fingerprint density at radius 3 is 2.71 bits per heavy atom. The van der Waals surface area contributed by atoms with Crippen LogP contribution in [0.15, 0.2) is 48.8 Å². The molecule has 0 saturated carbocycles. The quantitative estimate of drug-likeness (QED) is 0.222. The summed E-state index contributed by atoms with van der Waals surface area (Å²) >= 11 is 5.62. The molecule has 2 aliphatic heterocycles. The van der Waals surface area contributed by atoms with Crippen molar-refractivity contribution in [2.75, 3.05) is 42.6 Å². The molecule has 2 saturated heterocycles. The number of nitrogens with zero attached hydrogens (tertiary/aromatic N) is 5. The number of thiocarbonyl (C=S) groups is 1. The molecule has 4 heterocycles. The van der Waals surface area contributed by atoms with Gasteiger partial charge in [0.1, 0.15) is 5.82 Å². The molecule has 2 aliphatic rings. The van der Waals surface area contributed by atoms with Crippen LogP contribution < -0.4 is 16.4 Å². The lowest BCUT2D eigenvalue weighted by atomic mass is 9.84. The molecule has 0 aliphatic carbocycles. The van der Waals surface area contributed by atoms with E-state index in [1.165, 1.54) is 0 Å². The summed E-state index contributed by atoms with van der Waals surface area (Å²) in [5.74, 6) is 0.615. The molecule has 1 amide bonds. The summed E-state index contributed by atoms with van der Waals surface area (Å²) < 4.78 is 7.89. The number of anilines is 3. The normalized spacial score (nSPS) is 19.8. The predicted octanol–water partition coefficient (Wildman–Crippen LogP) is 5.25. The summed E-state index contributed by atoms with van der Waals surface area (Å²) in [7, 11) is 0. The van der Waals surface area contributed by atoms with Gasteiger partial charge in [-0.15, -0.1) is 0 Å². The molecule has 3 aromatic rings. The number of nitrogens with two attached hydrogens (primary N) is 1. The summed E-state index contributed by atoms with van der Waals surface area (Å²) in [6.07, 6.45) is 5.74. The first-order valence-electron chi connectivity index (χ1n) is 14.4. The number of pyridine rings is 1. The van der Waals surface area contributed by atoms with Crippen LogP contribution in [0.2, 0.25) is 0 Å². The fourth-order valence-corrected chi connectivity index (χ4v) is 5.85. The minimum Gasteiger partial charge on any atom is -0.465 e. The Kier molecular flexibility index (Phi) is 8.95. The third-order valence-corrected chi connectivity index (χ3v) is 8.08. The van der Waals surface area contributed by atoms with Crippen molar-refractivity contribution < 1.29 is 14.6 Å². The third kappa shape index (κ3) is 7.00. The predicted molar refractivity (Wildman–Crippen MR) is 168 cm³/mol. The van der Waals surface area contributed by atoms with Crippen LogP contribution in [0.4, 0.5) is 22.0 Å². The van der Waals surface area contributed by atoms with Gasteiger partial charge in [-0.2, -0.15) is 5.10 Å². The molecule has 1 aromatic carbocycles. The molecule has 0 radical (unpaired) electrons. The lowest BCUT2D eigenvalue weighted by Gasteiger charge is -2.46. The van der Waals surface area contributed by atoms with Crippen LogP contribution in [0.25, 0.3) is 11.3 Å². The van der Waals surface area contributed by atoms with Crippen LogP contribution >= 0.6 is 12.2 Å². The van der Waals surface area contributed by atoms with Gasteiger partial charge in [0.05, 0.1) is 23.1 Å². The zero-order valence-electron chi connectivity index (χ0n) is 24.4. The van der Waals surface area contributed by atoms with E-state index in [-0.39, 0.29) is 17.7 Å². The second-order valence-electron chi connectivity index (χ2n) is 12.0. The summed E-state index contributed by atoms with van der Waals surface area (Å²) in [6, 6.07) is 11.6. The average Bonchev–Trinajstić information content (AvgIpc) is 3.44. The number of rotatable bonds is 6. The van der Waals surface area contributed by atoms with E-state index in [1.807, 2.05) is 41.1 Å². The average molecular weight is 593 g/mol. The van der Waals surface area contributed by atoms with Gasteiger partial charge in [-0.25, -0.2) is 14.5 Å². The number of hydrogen-bond acceptors (Lipinski definition) is 7. The van der Waals surface area contributed by atoms with E-state index in [2.05, 4.69) is 46.4 Å². The van der Waals surface area contributed by atoms with Crippen molar-refractivity contribution in [3.63, 3.8) is 0 Å². The Morgan fingerprint density at radius 2 is 1.98 bits per heavy atom. The van der Waals surface area contributed by atoms with Crippen molar-refractivity contribution in [3.05, 3.63) is 54.4 Å². The number of amides is 1. The molecule has 12 heteroatoms. The molecule has 2 atom stereocenters. The van der Waals surface area contributed by atoms with Crippen LogP contribution in [0.1, 0.15) is 51.8 Å². The number of hydrogen-bond donors (Lipinski definition) is 4. The lowest BCUT2D eigenvalue weighted by Crippen LogP contribution is -2.59. The van der Waals surface area contributed by atoms with Crippen molar-refractivity contribution >= 4 is 40.6 Å². The topological polar surface area (TPSA) is 134 Å². The standard InChI is InChI=1S/C30H40N8O3S/c1-30(2,3)25-19-36(13-14-37(25)29(39)40)18-20-9-11-32-26(16-20)35-28(42)34-23-17-21(7-8-22(23)31)24-10-12-33-38(24)27-6-4-5-15-41-27/h7-12,16-17,25,27H,4-6,13-15,18-19,31H2,1-3H3,(H,39,40)(H2,32,34,35,42). The number of piperazine rings is 1. The molecule has 224 valence electrons. The van der Waals surface area contributed by atoms with Crippen molar-refractivity contribution in [1.29, 1.82) is 0 Å². The van der Waals surface area contributed by atoms with E-state index in [0.29, 0.717) is 48.5 Å². The van der Waals surface area contributed by atoms with Crippen LogP contribution in [0, 0.1) is 5.41 Å². The van der Waals surface area contributed by atoms with Gasteiger partial charge in [-0.3, -0.25) is 4.90 Å². The highest BCUT2D eigenvalue weighted by atomic mass is 32.1. The van der Waals surface area contributed by atoms with Gasteiger partial charge in [-0.05, 0) is 72.8 Å². The van der Waals surface area contributed by atoms with Gasteiger partial charge < -0.3 is 31.1 Å². The molecule has 5 rings (SSSR count). The molecule has 0 spiro atoms. The highest BCUT2D eigenvalue weighted by molar-refractivity contribution is 7.80. The fourth-order valence-electron chi connectivity index (χ4n) is 5.64. The van der Waals surface area contributed by atoms with Crippen molar-refractivity contribution in [2.45, 2.75) is 58.8 Å². The van der Waals surface area contributed by atoms with E-state index < -0.39 is 6.09 Å². The first-order valence-corrected chi connectivity index (χ1v) is 14.8. The van der Waals surface area contributed by atoms with Gasteiger partial charge in [0.25, 0.3) is 0 Å². The molecule has 0 bridgehead atoms. The van der Waals surface area contributed by atoms with Crippen LogP contribution in [-0.2, 0) is 11.3 Å². The second-order valence-corrected chi connectivity index (χ2v) is 12.4. The smallest absolute Gasteiger partial charge is 0.407 e. The SMILES string of the molecule is CC(C)(C)C1CN(Cc2ccnc(NC(=S)Nc3cc(-c4ccnn4C4CCCCO4)ccc3N)c2)CCN1C(=O)O. The maximum Gasteiger partial charge on any atom is 0.407 e. The Balaban J connectivity index is 1.23. The molecular formula is C30H40N8O3S. The number of nitrogen functional groups attached to an aromatic ring is 1. The van der Waals surface area contributed by atoms with Crippen molar-refractivity contribution in [1.82, 2.24) is 24.6 Å². The maximum atomic E-state index is 11.8. The minimum absolute atomic E-state index is 0.0702. The summed E-state index contributed by atoms with van der Waals surface area (Å²) in [6.45, 7) is 9.51. The Morgan fingerprint density at radius 1 is 1.14 bits per heavy atom. The van der Waals surface area contributed by atoms with E-state index >= 15 is 0 Å². The number of nitrogens with one attached hydrogen (secondary N) is 2. The maximum absolute atomic E-state index is 11.8. The number of carbonyl (C=O) groups is 1. The van der Waals surface area contributed by atoms with E-state index in [4.69, 9.17) is 22.7 Å². The summed E-state index contributed by atoms with van der Waals surface area (Å²) in [4.78, 5) is 20.1. The molecule has 11 nitrogen and oxygen atoms in total. The van der Waals surface area contributed by atoms with Gasteiger partial charge in [0, 0.05) is 50.7 Å². The van der Waals surface area contributed by atoms with E-state index in [1.54, 1.807) is 17.3 Å². The Hall–Kier alpha value is -3.74. The van der Waals surface area contributed by atoms with Crippen LogP contribution in [-0.4, -0.2) is 73.2 Å². The molecule has 2 aromatic heterocycles. The molecular weight excluding hydrogens is 552 g/mol. The number of ether oxygens (including phenoxy) is 1. The van der Waals surface area contributed by atoms with E-state index in [9.17, 15) is 9.90 Å². The van der Waals surface area contributed by atoms with E-state index in [0.717, 1.165) is 42.7 Å². The first kappa shape index (κ1) is 29.7. The number of aromatic nitrogens is 3. The lowest BCUT2D eigenvalue weighted by molar-refractivity contribution is -0.0383. The third-order valence-electron chi connectivity index (χ3n) is 7.88. The fraction of sp³-hybridized carbons (Fsp3) is 0.467. The van der Waals surface area contributed by atoms with Gasteiger partial charge in [-0.1, -0.05) is 26.8 Å². The second kappa shape index (κ2) is 12.6. The zero-order valence-corrected chi connectivity index (χ0v) is 25.2. The largest absolute Gasteiger partial charge is 0.465 e. The molecule has 2 unspecified atom stereocenters. The molecule has 5 N–H and O–H groups in total. The van der Waals surface area contributed by atoms with Gasteiger partial charge in [0.15, 0.2) is 11.3 Å².